The zero-order chi connectivity index (χ0) is 23.6. The highest BCUT2D eigenvalue weighted by Gasteiger charge is 2.77. The Morgan fingerprint density at radius 3 is 2.61 bits per heavy atom. The Bertz CT molecular complexity index is 992. The standard InChI is InChI=1S/C28H38O5/c1-15-13-22(32-24(30)16(15)2)27(5,31)20-9-8-18-17-14-23-28(33-23)11-6-7-21(29)26(28,4)19(17)10-12-25(18,20)3/h6-7,17-20,22-23,31H,8-14H2,1-5H3/t17?,18?,19?,20?,22?,23-,25+,26+,27-,28-/m1/s1. The third-order valence-electron chi connectivity index (χ3n) is 11.6. The fourth-order valence-corrected chi connectivity index (χ4v) is 9.48. The number of ketones is 1. The van der Waals surface area contributed by atoms with E-state index in [2.05, 4.69) is 13.8 Å². The zero-order valence-electron chi connectivity index (χ0n) is 20.6. The van der Waals surface area contributed by atoms with Gasteiger partial charge in [-0.3, -0.25) is 4.79 Å². The Kier molecular flexibility index (Phi) is 4.41. The number of rotatable bonds is 2. The summed E-state index contributed by atoms with van der Waals surface area (Å²) >= 11 is 0. The number of allylic oxidation sites excluding steroid dienone is 1. The molecule has 1 N–H and O–H groups in total. The van der Waals surface area contributed by atoms with E-state index in [0.29, 0.717) is 29.7 Å². The molecule has 1 spiro atoms. The van der Waals surface area contributed by atoms with Crippen molar-refractivity contribution in [2.45, 2.75) is 103 Å². The highest BCUT2D eigenvalue weighted by Crippen LogP contribution is 2.73. The van der Waals surface area contributed by atoms with Gasteiger partial charge in [0.15, 0.2) is 5.78 Å². The predicted molar refractivity (Wildman–Crippen MR) is 123 cm³/mol. The molecule has 4 aliphatic carbocycles. The molecule has 0 aromatic rings. The second-order valence-electron chi connectivity index (χ2n) is 12.7. The fraction of sp³-hybridized carbons (Fsp3) is 0.786. The molecule has 180 valence electrons. The van der Waals surface area contributed by atoms with Crippen LogP contribution in [0.5, 0.6) is 0 Å². The van der Waals surface area contributed by atoms with Crippen molar-refractivity contribution >= 4 is 11.8 Å². The van der Waals surface area contributed by atoms with E-state index in [1.165, 1.54) is 0 Å². The van der Waals surface area contributed by atoms with Crippen LogP contribution >= 0.6 is 0 Å². The van der Waals surface area contributed by atoms with Crippen molar-refractivity contribution in [3.63, 3.8) is 0 Å². The van der Waals surface area contributed by atoms with E-state index in [1.807, 2.05) is 26.8 Å². The molecule has 5 heteroatoms. The van der Waals surface area contributed by atoms with Crippen LogP contribution in [0, 0.1) is 34.5 Å². The molecule has 0 aromatic heterocycles. The number of fused-ring (bicyclic) bond motifs is 4. The first-order chi connectivity index (χ1) is 15.5. The quantitative estimate of drug-likeness (QED) is 0.490. The number of hydrogen-bond acceptors (Lipinski definition) is 5. The van der Waals surface area contributed by atoms with Crippen LogP contribution in [-0.4, -0.2) is 40.3 Å². The third kappa shape index (κ3) is 2.56. The Labute approximate surface area is 197 Å². The van der Waals surface area contributed by atoms with Crippen LogP contribution < -0.4 is 0 Å². The fourth-order valence-electron chi connectivity index (χ4n) is 9.48. The van der Waals surface area contributed by atoms with Gasteiger partial charge in [0, 0.05) is 12.0 Å². The summed E-state index contributed by atoms with van der Waals surface area (Å²) in [6.45, 7) is 10.2. The van der Waals surface area contributed by atoms with Crippen LogP contribution in [0.25, 0.3) is 0 Å². The third-order valence-corrected chi connectivity index (χ3v) is 11.6. The van der Waals surface area contributed by atoms with Gasteiger partial charge in [-0.05, 0) is 101 Å². The second kappa shape index (κ2) is 6.60. The van der Waals surface area contributed by atoms with Gasteiger partial charge in [0.1, 0.15) is 17.3 Å². The maximum absolute atomic E-state index is 13.3. The number of esters is 1. The maximum atomic E-state index is 13.3. The van der Waals surface area contributed by atoms with Crippen molar-refractivity contribution in [2.75, 3.05) is 0 Å². The summed E-state index contributed by atoms with van der Waals surface area (Å²) in [6, 6.07) is 0. The van der Waals surface area contributed by atoms with Crippen LogP contribution in [-0.2, 0) is 19.1 Å². The molecule has 6 aliphatic rings. The summed E-state index contributed by atoms with van der Waals surface area (Å²) in [6.07, 6.45) is 10.0. The first-order valence-corrected chi connectivity index (χ1v) is 13.0. The van der Waals surface area contributed by atoms with Gasteiger partial charge in [0.05, 0.1) is 11.5 Å². The van der Waals surface area contributed by atoms with Gasteiger partial charge in [0.25, 0.3) is 0 Å². The lowest BCUT2D eigenvalue weighted by atomic mass is 9.44. The van der Waals surface area contributed by atoms with E-state index in [9.17, 15) is 14.7 Å². The molecule has 6 rings (SSSR count). The van der Waals surface area contributed by atoms with E-state index < -0.39 is 17.1 Å². The van der Waals surface area contributed by atoms with E-state index in [-0.39, 0.29) is 34.8 Å². The lowest BCUT2D eigenvalue weighted by Crippen LogP contribution is -2.61. The molecule has 0 bridgehead atoms. The van der Waals surface area contributed by atoms with Crippen molar-refractivity contribution < 1.29 is 24.2 Å². The number of carbonyl (C=O) groups excluding carboxylic acids is 2. The van der Waals surface area contributed by atoms with Crippen molar-refractivity contribution in [2.24, 2.45) is 34.5 Å². The highest BCUT2D eigenvalue weighted by molar-refractivity contribution is 5.97. The molecule has 0 amide bonds. The topological polar surface area (TPSA) is 76.1 Å². The van der Waals surface area contributed by atoms with Gasteiger partial charge in [-0.15, -0.1) is 0 Å². The number of cyclic esters (lactones) is 1. The van der Waals surface area contributed by atoms with E-state index in [4.69, 9.17) is 9.47 Å². The summed E-state index contributed by atoms with van der Waals surface area (Å²) in [5.41, 5.74) is -0.0977. The molecule has 5 unspecified atom stereocenters. The van der Waals surface area contributed by atoms with Gasteiger partial charge < -0.3 is 14.6 Å². The van der Waals surface area contributed by atoms with Crippen molar-refractivity contribution in [3.05, 3.63) is 23.3 Å². The van der Waals surface area contributed by atoms with Crippen LogP contribution in [0.3, 0.4) is 0 Å². The minimum Gasteiger partial charge on any atom is -0.456 e. The zero-order valence-corrected chi connectivity index (χ0v) is 20.6. The smallest absolute Gasteiger partial charge is 0.334 e. The Morgan fingerprint density at radius 1 is 1.12 bits per heavy atom. The second-order valence-corrected chi connectivity index (χ2v) is 12.7. The van der Waals surface area contributed by atoms with E-state index in [1.54, 1.807) is 6.08 Å². The molecular weight excluding hydrogens is 416 g/mol. The molecule has 33 heavy (non-hydrogen) atoms. The lowest BCUT2D eigenvalue weighted by molar-refractivity contribution is -0.183. The number of hydrogen-bond donors (Lipinski definition) is 1. The average molecular weight is 455 g/mol. The molecule has 0 radical (unpaired) electrons. The largest absolute Gasteiger partial charge is 0.456 e. The van der Waals surface area contributed by atoms with Gasteiger partial charge >= 0.3 is 5.97 Å². The predicted octanol–water partition coefficient (Wildman–Crippen LogP) is 4.52. The van der Waals surface area contributed by atoms with E-state index in [0.717, 1.165) is 44.1 Å². The monoisotopic (exact) mass is 454 g/mol. The number of carbonyl (C=O) groups is 2. The van der Waals surface area contributed by atoms with Crippen molar-refractivity contribution in [1.82, 2.24) is 0 Å². The van der Waals surface area contributed by atoms with Crippen LogP contribution in [0.1, 0.15) is 79.6 Å². The molecular formula is C28H38O5. The van der Waals surface area contributed by atoms with Crippen molar-refractivity contribution in [1.29, 1.82) is 0 Å². The minimum atomic E-state index is -1.07. The molecule has 2 aliphatic heterocycles. The summed E-state index contributed by atoms with van der Waals surface area (Å²) in [5, 5.41) is 11.9. The molecule has 2 heterocycles. The normalized spacial score (nSPS) is 52.3. The summed E-state index contributed by atoms with van der Waals surface area (Å²) in [4.78, 5) is 25.7. The average Bonchev–Trinajstić information content (AvgIpc) is 3.34. The number of ether oxygens (including phenoxy) is 2. The minimum absolute atomic E-state index is 0.0278. The molecule has 1 saturated heterocycles. The summed E-state index contributed by atoms with van der Waals surface area (Å²) in [5.74, 6) is 1.28. The summed E-state index contributed by atoms with van der Waals surface area (Å²) < 4.78 is 12.1. The molecule has 5 nitrogen and oxygen atoms in total. The van der Waals surface area contributed by atoms with Crippen LogP contribution in [0.4, 0.5) is 0 Å². The molecule has 10 atom stereocenters. The van der Waals surface area contributed by atoms with Crippen molar-refractivity contribution in [3.8, 4) is 0 Å². The summed E-state index contributed by atoms with van der Waals surface area (Å²) in [7, 11) is 0. The first-order valence-electron chi connectivity index (χ1n) is 13.0. The van der Waals surface area contributed by atoms with Gasteiger partial charge in [-0.2, -0.15) is 0 Å². The number of aliphatic hydroxyl groups is 1. The molecule has 0 aromatic carbocycles. The van der Waals surface area contributed by atoms with Crippen LogP contribution in [0.2, 0.25) is 0 Å². The van der Waals surface area contributed by atoms with Gasteiger partial charge in [-0.25, -0.2) is 4.79 Å². The van der Waals surface area contributed by atoms with E-state index >= 15 is 0 Å². The number of epoxide rings is 1. The van der Waals surface area contributed by atoms with Gasteiger partial charge in [-0.1, -0.05) is 18.6 Å². The Hall–Kier alpha value is -1.46. The first kappa shape index (κ1) is 22.0. The Balaban J connectivity index is 1.31. The maximum Gasteiger partial charge on any atom is 0.334 e. The van der Waals surface area contributed by atoms with Gasteiger partial charge in [0.2, 0.25) is 0 Å². The lowest BCUT2D eigenvalue weighted by Gasteiger charge is -2.58. The molecule has 4 fully saturated rings. The highest BCUT2D eigenvalue weighted by atomic mass is 16.6. The Morgan fingerprint density at radius 2 is 1.88 bits per heavy atom. The SMILES string of the molecule is CC1=C(C)C(=O)OC([C@](C)(O)C2CCC3C4C[C@H]5O[C@]56CC=CC(=O)[C@]6(C)C4CC[C@@]32C)C1. The van der Waals surface area contributed by atoms with Crippen LogP contribution in [0.15, 0.2) is 23.3 Å². The molecule has 3 saturated carbocycles.